The van der Waals surface area contributed by atoms with Crippen molar-refractivity contribution in [3.8, 4) is 11.8 Å². The molecule has 0 unspecified atom stereocenters. The van der Waals surface area contributed by atoms with Crippen molar-refractivity contribution in [2.45, 2.75) is 0 Å². The third-order valence-electron chi connectivity index (χ3n) is 3.40. The minimum atomic E-state index is -0.302. The van der Waals surface area contributed by atoms with Gasteiger partial charge in [-0.25, -0.2) is 0 Å². The molecule has 0 saturated carbocycles. The minimum absolute atomic E-state index is 0.161. The van der Waals surface area contributed by atoms with E-state index in [1.807, 2.05) is 24.3 Å². The lowest BCUT2D eigenvalue weighted by molar-refractivity contribution is -0.118. The maximum atomic E-state index is 12.1. The smallest absolute Gasteiger partial charge is 0.262 e. The number of rotatable bonds is 4. The number of pyridine rings is 1. The standard InChI is InChI=1S/C18H11Br2N3O2/c19-14-8-15(20)18(17-13(14)2-1-7-22-17)25-10-16(24)23-12-5-3-11(9-21)4-6-12/h1-8H,10H2,(H,23,24). The summed E-state index contributed by atoms with van der Waals surface area (Å²) in [7, 11) is 0. The Hall–Kier alpha value is -2.43. The van der Waals surface area contributed by atoms with Crippen LogP contribution in [0.1, 0.15) is 5.56 Å². The van der Waals surface area contributed by atoms with Gasteiger partial charge in [-0.15, -0.1) is 0 Å². The van der Waals surface area contributed by atoms with Gasteiger partial charge in [0.15, 0.2) is 12.4 Å². The van der Waals surface area contributed by atoms with Crippen LogP contribution < -0.4 is 10.1 Å². The summed E-state index contributed by atoms with van der Waals surface area (Å²) >= 11 is 6.93. The fourth-order valence-corrected chi connectivity index (χ4v) is 3.63. The lowest BCUT2D eigenvalue weighted by Gasteiger charge is -2.12. The van der Waals surface area contributed by atoms with E-state index in [2.05, 4.69) is 42.2 Å². The molecular weight excluding hydrogens is 450 g/mol. The van der Waals surface area contributed by atoms with Crippen molar-refractivity contribution in [3.63, 3.8) is 0 Å². The number of ether oxygens (including phenoxy) is 1. The molecular formula is C18H11Br2N3O2. The highest BCUT2D eigenvalue weighted by Crippen LogP contribution is 2.37. The first-order valence-corrected chi connectivity index (χ1v) is 8.82. The second-order valence-corrected chi connectivity index (χ2v) is 6.80. The van der Waals surface area contributed by atoms with Gasteiger partial charge >= 0.3 is 0 Å². The van der Waals surface area contributed by atoms with Crippen LogP contribution in [0.25, 0.3) is 10.9 Å². The van der Waals surface area contributed by atoms with Crippen molar-refractivity contribution < 1.29 is 9.53 Å². The van der Waals surface area contributed by atoms with E-state index in [4.69, 9.17) is 10.00 Å². The minimum Gasteiger partial charge on any atom is -0.480 e. The molecule has 0 fully saturated rings. The number of nitrogens with one attached hydrogen (secondary N) is 1. The molecule has 0 bridgehead atoms. The van der Waals surface area contributed by atoms with Crippen LogP contribution in [0.2, 0.25) is 0 Å². The Morgan fingerprint density at radius 2 is 1.96 bits per heavy atom. The highest BCUT2D eigenvalue weighted by atomic mass is 79.9. The van der Waals surface area contributed by atoms with Crippen molar-refractivity contribution in [1.29, 1.82) is 5.26 Å². The van der Waals surface area contributed by atoms with Crippen LogP contribution in [0.3, 0.4) is 0 Å². The highest BCUT2D eigenvalue weighted by molar-refractivity contribution is 9.11. The van der Waals surface area contributed by atoms with E-state index in [9.17, 15) is 4.79 Å². The Bertz CT molecular complexity index is 982. The van der Waals surface area contributed by atoms with Crippen molar-refractivity contribution >= 4 is 54.4 Å². The lowest BCUT2D eigenvalue weighted by Crippen LogP contribution is -2.20. The molecule has 0 radical (unpaired) electrons. The predicted molar refractivity (Wildman–Crippen MR) is 102 cm³/mol. The normalized spacial score (nSPS) is 10.3. The zero-order chi connectivity index (χ0) is 17.8. The molecule has 1 aromatic heterocycles. The average Bonchev–Trinajstić information content (AvgIpc) is 2.62. The van der Waals surface area contributed by atoms with E-state index < -0.39 is 0 Å². The zero-order valence-corrected chi connectivity index (χ0v) is 16.0. The Kier molecular flexibility index (Phi) is 5.31. The molecule has 0 atom stereocenters. The summed E-state index contributed by atoms with van der Waals surface area (Å²) in [5.74, 6) is 0.206. The molecule has 1 N–H and O–H groups in total. The van der Waals surface area contributed by atoms with Gasteiger partial charge in [-0.3, -0.25) is 9.78 Å². The lowest BCUT2D eigenvalue weighted by atomic mass is 10.2. The summed E-state index contributed by atoms with van der Waals surface area (Å²) in [4.78, 5) is 16.4. The summed E-state index contributed by atoms with van der Waals surface area (Å²) in [6.07, 6.45) is 1.67. The highest BCUT2D eigenvalue weighted by Gasteiger charge is 2.13. The molecule has 7 heteroatoms. The first kappa shape index (κ1) is 17.4. The number of hydrogen-bond donors (Lipinski definition) is 1. The summed E-state index contributed by atoms with van der Waals surface area (Å²) in [6, 6.07) is 14.3. The summed E-state index contributed by atoms with van der Waals surface area (Å²) < 4.78 is 7.28. The fourth-order valence-electron chi connectivity index (χ4n) is 2.25. The van der Waals surface area contributed by atoms with Crippen molar-refractivity contribution in [3.05, 3.63) is 63.2 Å². The zero-order valence-electron chi connectivity index (χ0n) is 12.8. The Morgan fingerprint density at radius 3 is 2.68 bits per heavy atom. The van der Waals surface area contributed by atoms with E-state index in [1.54, 1.807) is 30.5 Å². The molecule has 3 aromatic rings. The van der Waals surface area contributed by atoms with Crippen LogP contribution in [0.5, 0.6) is 5.75 Å². The van der Waals surface area contributed by atoms with E-state index in [1.165, 1.54) is 0 Å². The van der Waals surface area contributed by atoms with Gasteiger partial charge < -0.3 is 10.1 Å². The molecule has 0 aliphatic rings. The molecule has 0 aliphatic carbocycles. The van der Waals surface area contributed by atoms with Gasteiger partial charge in [-0.05, 0) is 52.3 Å². The number of hydrogen-bond acceptors (Lipinski definition) is 4. The van der Waals surface area contributed by atoms with Gasteiger partial charge in [-0.2, -0.15) is 5.26 Å². The second-order valence-electron chi connectivity index (χ2n) is 5.09. The van der Waals surface area contributed by atoms with Crippen LogP contribution in [0, 0.1) is 11.3 Å². The van der Waals surface area contributed by atoms with E-state index in [0.717, 1.165) is 9.86 Å². The molecule has 0 saturated heterocycles. The van der Waals surface area contributed by atoms with Crippen molar-refractivity contribution in [2.24, 2.45) is 0 Å². The maximum absolute atomic E-state index is 12.1. The predicted octanol–water partition coefficient (Wildman–Crippen LogP) is 4.65. The van der Waals surface area contributed by atoms with Crippen LogP contribution in [-0.4, -0.2) is 17.5 Å². The molecule has 1 heterocycles. The monoisotopic (exact) mass is 459 g/mol. The number of amides is 1. The van der Waals surface area contributed by atoms with Crippen LogP contribution in [-0.2, 0) is 4.79 Å². The number of nitrogens with zero attached hydrogens (tertiary/aromatic N) is 2. The topological polar surface area (TPSA) is 75.0 Å². The fraction of sp³-hybridized carbons (Fsp3) is 0.0556. The largest absolute Gasteiger partial charge is 0.480 e. The number of aromatic nitrogens is 1. The molecule has 1 amide bonds. The number of benzene rings is 2. The number of nitriles is 1. The molecule has 5 nitrogen and oxygen atoms in total. The number of carbonyl (C=O) groups is 1. The Balaban J connectivity index is 1.74. The van der Waals surface area contributed by atoms with Gasteiger partial charge in [0.1, 0.15) is 5.52 Å². The van der Waals surface area contributed by atoms with Gasteiger partial charge in [0.2, 0.25) is 0 Å². The Morgan fingerprint density at radius 1 is 1.20 bits per heavy atom. The molecule has 25 heavy (non-hydrogen) atoms. The second kappa shape index (κ2) is 7.64. The summed E-state index contributed by atoms with van der Waals surface area (Å²) in [5.41, 5.74) is 1.80. The van der Waals surface area contributed by atoms with Gasteiger partial charge in [-0.1, -0.05) is 22.0 Å². The number of carbonyl (C=O) groups excluding carboxylic acids is 1. The van der Waals surface area contributed by atoms with E-state index >= 15 is 0 Å². The van der Waals surface area contributed by atoms with Crippen LogP contribution in [0.15, 0.2) is 57.6 Å². The quantitative estimate of drug-likeness (QED) is 0.614. The third kappa shape index (κ3) is 3.98. The number of fused-ring (bicyclic) bond motifs is 1. The number of halogens is 2. The Labute approximate surface area is 160 Å². The van der Waals surface area contributed by atoms with Crippen molar-refractivity contribution in [1.82, 2.24) is 4.98 Å². The van der Waals surface area contributed by atoms with Crippen LogP contribution in [0.4, 0.5) is 5.69 Å². The molecule has 124 valence electrons. The van der Waals surface area contributed by atoms with Crippen molar-refractivity contribution in [2.75, 3.05) is 11.9 Å². The SMILES string of the molecule is N#Cc1ccc(NC(=O)COc2c(Br)cc(Br)c3cccnc23)cc1. The van der Waals surface area contributed by atoms with E-state index in [0.29, 0.717) is 27.0 Å². The summed E-state index contributed by atoms with van der Waals surface area (Å²) in [6.45, 7) is -0.161. The van der Waals surface area contributed by atoms with Crippen LogP contribution >= 0.6 is 31.9 Å². The molecule has 0 aliphatic heterocycles. The maximum Gasteiger partial charge on any atom is 0.262 e. The molecule has 2 aromatic carbocycles. The molecule has 0 spiro atoms. The first-order valence-electron chi connectivity index (χ1n) is 7.24. The van der Waals surface area contributed by atoms with Gasteiger partial charge in [0.05, 0.1) is 16.1 Å². The number of anilines is 1. The summed E-state index contributed by atoms with van der Waals surface area (Å²) in [5, 5.41) is 12.4. The van der Waals surface area contributed by atoms with Gasteiger partial charge in [0.25, 0.3) is 5.91 Å². The average molecular weight is 461 g/mol. The third-order valence-corrected chi connectivity index (χ3v) is 4.64. The molecule has 3 rings (SSSR count). The van der Waals surface area contributed by atoms with E-state index in [-0.39, 0.29) is 12.5 Å². The van der Waals surface area contributed by atoms with Gasteiger partial charge in [0, 0.05) is 21.7 Å². The first-order chi connectivity index (χ1) is 12.1.